The Morgan fingerprint density at radius 3 is 2.67 bits per heavy atom. The van der Waals surface area contributed by atoms with E-state index in [1.54, 1.807) is 29.2 Å². The fourth-order valence-electron chi connectivity index (χ4n) is 2.30. The molecule has 102 valence electrons. The van der Waals surface area contributed by atoms with Gasteiger partial charge in [-0.25, -0.2) is 9.50 Å². The molecule has 4 aromatic rings. The molecule has 0 amide bonds. The van der Waals surface area contributed by atoms with Gasteiger partial charge in [-0.05, 0) is 36.4 Å². The van der Waals surface area contributed by atoms with E-state index < -0.39 is 0 Å². The first-order valence-corrected chi connectivity index (χ1v) is 6.42. The Balaban J connectivity index is 2.09. The second-order valence-corrected chi connectivity index (χ2v) is 4.55. The number of aromatic nitrogens is 4. The zero-order valence-electron chi connectivity index (χ0n) is 11.0. The van der Waals surface area contributed by atoms with Crippen LogP contribution in [0.3, 0.4) is 0 Å². The number of rotatable bonds is 2. The zero-order valence-corrected chi connectivity index (χ0v) is 11.0. The Hall–Kier alpha value is -3.15. The highest BCUT2D eigenvalue weighted by atomic mass is 16.3. The van der Waals surface area contributed by atoms with Crippen molar-refractivity contribution in [3.05, 3.63) is 55.1 Å². The smallest absolute Gasteiger partial charge is 0.155 e. The molecule has 0 atom stereocenters. The van der Waals surface area contributed by atoms with Gasteiger partial charge in [0.15, 0.2) is 11.4 Å². The number of fused-ring (bicyclic) bond motifs is 1. The molecule has 0 radical (unpaired) electrons. The van der Waals surface area contributed by atoms with E-state index in [0.717, 1.165) is 17.0 Å². The average Bonchev–Trinajstić information content (AvgIpc) is 3.14. The summed E-state index contributed by atoms with van der Waals surface area (Å²) < 4.78 is 7.22. The van der Waals surface area contributed by atoms with Crippen LogP contribution in [0.1, 0.15) is 0 Å². The molecule has 0 aliphatic heterocycles. The molecule has 0 fully saturated rings. The van der Waals surface area contributed by atoms with Gasteiger partial charge in [0.25, 0.3) is 0 Å². The summed E-state index contributed by atoms with van der Waals surface area (Å²) in [6.07, 6.45) is 5.08. The van der Waals surface area contributed by atoms with Crippen LogP contribution in [-0.2, 0) is 0 Å². The molecule has 0 aliphatic carbocycles. The lowest BCUT2D eigenvalue weighted by atomic mass is 10.1. The van der Waals surface area contributed by atoms with Crippen LogP contribution in [0.5, 0.6) is 0 Å². The van der Waals surface area contributed by atoms with E-state index in [2.05, 4.69) is 15.1 Å². The molecule has 0 unspecified atom stereocenters. The number of hydrogen-bond acceptors (Lipinski definition) is 5. The average molecular weight is 277 g/mol. The van der Waals surface area contributed by atoms with E-state index in [9.17, 15) is 0 Å². The summed E-state index contributed by atoms with van der Waals surface area (Å²) in [7, 11) is 0. The standard InChI is InChI=1S/C15H11N5O/c16-12-3-4-13-18-14(11-2-1-9-21-11)15(20(13)19-12)10-5-7-17-8-6-10/h1-9H,(H2,16,19). The topological polar surface area (TPSA) is 82.2 Å². The van der Waals surface area contributed by atoms with Gasteiger partial charge in [-0.3, -0.25) is 4.98 Å². The molecule has 0 aliphatic rings. The molecule has 4 aromatic heterocycles. The van der Waals surface area contributed by atoms with Crippen LogP contribution < -0.4 is 5.73 Å². The van der Waals surface area contributed by atoms with Crippen LogP contribution >= 0.6 is 0 Å². The molecular weight excluding hydrogens is 266 g/mol. The molecule has 0 aromatic carbocycles. The van der Waals surface area contributed by atoms with Crippen molar-refractivity contribution in [3.63, 3.8) is 0 Å². The van der Waals surface area contributed by atoms with Crippen LogP contribution in [-0.4, -0.2) is 19.6 Å². The van der Waals surface area contributed by atoms with E-state index in [0.29, 0.717) is 17.2 Å². The third-order valence-corrected chi connectivity index (χ3v) is 3.21. The third kappa shape index (κ3) is 1.85. The van der Waals surface area contributed by atoms with Gasteiger partial charge in [0.05, 0.1) is 6.26 Å². The van der Waals surface area contributed by atoms with Gasteiger partial charge in [-0.1, -0.05) is 0 Å². The molecule has 4 rings (SSSR count). The lowest BCUT2D eigenvalue weighted by Gasteiger charge is -2.03. The van der Waals surface area contributed by atoms with Crippen molar-refractivity contribution in [2.75, 3.05) is 5.73 Å². The molecule has 6 nitrogen and oxygen atoms in total. The summed E-state index contributed by atoms with van der Waals surface area (Å²) in [6.45, 7) is 0. The molecular formula is C15H11N5O. The fraction of sp³-hybridized carbons (Fsp3) is 0. The predicted octanol–water partition coefficient (Wildman–Crippen LogP) is 2.63. The molecule has 6 heteroatoms. The van der Waals surface area contributed by atoms with Crippen molar-refractivity contribution < 1.29 is 4.42 Å². The first-order chi connectivity index (χ1) is 10.3. The maximum atomic E-state index is 5.80. The number of imidazole rings is 1. The van der Waals surface area contributed by atoms with E-state index in [1.807, 2.05) is 30.3 Å². The molecule has 0 spiro atoms. The van der Waals surface area contributed by atoms with Gasteiger partial charge in [-0.2, -0.15) is 0 Å². The van der Waals surface area contributed by atoms with Gasteiger partial charge in [0.1, 0.15) is 17.2 Å². The van der Waals surface area contributed by atoms with Gasteiger partial charge in [0, 0.05) is 18.0 Å². The highest BCUT2D eigenvalue weighted by Gasteiger charge is 2.18. The van der Waals surface area contributed by atoms with E-state index in [1.165, 1.54) is 0 Å². The van der Waals surface area contributed by atoms with Crippen LogP contribution in [0.25, 0.3) is 28.4 Å². The van der Waals surface area contributed by atoms with Crippen molar-refractivity contribution in [1.29, 1.82) is 0 Å². The number of hydrogen-bond donors (Lipinski definition) is 1. The second kappa shape index (κ2) is 4.45. The van der Waals surface area contributed by atoms with Crippen molar-refractivity contribution in [2.24, 2.45) is 0 Å². The van der Waals surface area contributed by atoms with E-state index in [4.69, 9.17) is 10.2 Å². The minimum atomic E-state index is 0.432. The molecule has 0 saturated carbocycles. The molecule has 0 bridgehead atoms. The molecule has 21 heavy (non-hydrogen) atoms. The number of pyridine rings is 1. The Morgan fingerprint density at radius 2 is 1.90 bits per heavy atom. The summed E-state index contributed by atoms with van der Waals surface area (Å²) in [5.74, 6) is 1.12. The first kappa shape index (κ1) is 11.7. The maximum absolute atomic E-state index is 5.80. The van der Waals surface area contributed by atoms with Crippen molar-refractivity contribution >= 4 is 11.5 Å². The fourth-order valence-corrected chi connectivity index (χ4v) is 2.30. The molecule has 2 N–H and O–H groups in total. The second-order valence-electron chi connectivity index (χ2n) is 4.55. The highest BCUT2D eigenvalue weighted by molar-refractivity contribution is 5.79. The van der Waals surface area contributed by atoms with Crippen molar-refractivity contribution in [2.45, 2.75) is 0 Å². The maximum Gasteiger partial charge on any atom is 0.155 e. The van der Waals surface area contributed by atoms with Gasteiger partial charge in [0.2, 0.25) is 0 Å². The summed E-state index contributed by atoms with van der Waals surface area (Å²) in [5.41, 5.74) is 9.01. The minimum Gasteiger partial charge on any atom is -0.463 e. The number of nitrogen functional groups attached to an aromatic ring is 1. The van der Waals surface area contributed by atoms with Crippen LogP contribution in [0, 0.1) is 0 Å². The van der Waals surface area contributed by atoms with Gasteiger partial charge >= 0.3 is 0 Å². The summed E-state index contributed by atoms with van der Waals surface area (Å²) in [5, 5.41) is 4.35. The highest BCUT2D eigenvalue weighted by Crippen LogP contribution is 2.32. The lowest BCUT2D eigenvalue weighted by Crippen LogP contribution is -1.99. The Morgan fingerprint density at radius 1 is 1.05 bits per heavy atom. The summed E-state index contributed by atoms with van der Waals surface area (Å²) >= 11 is 0. The number of furan rings is 1. The Kier molecular flexibility index (Phi) is 2.47. The predicted molar refractivity (Wildman–Crippen MR) is 78.3 cm³/mol. The van der Waals surface area contributed by atoms with Crippen molar-refractivity contribution in [1.82, 2.24) is 19.6 Å². The van der Waals surface area contributed by atoms with Crippen LogP contribution in [0.4, 0.5) is 5.82 Å². The zero-order chi connectivity index (χ0) is 14.2. The van der Waals surface area contributed by atoms with Gasteiger partial charge < -0.3 is 10.2 Å². The third-order valence-electron chi connectivity index (χ3n) is 3.21. The summed E-state index contributed by atoms with van der Waals surface area (Å²) in [6, 6.07) is 11.1. The van der Waals surface area contributed by atoms with Crippen LogP contribution in [0.2, 0.25) is 0 Å². The number of anilines is 1. The normalized spacial score (nSPS) is 11.0. The van der Waals surface area contributed by atoms with E-state index >= 15 is 0 Å². The van der Waals surface area contributed by atoms with Crippen LogP contribution in [0.15, 0.2) is 59.5 Å². The van der Waals surface area contributed by atoms with E-state index in [-0.39, 0.29) is 0 Å². The number of nitrogens with zero attached hydrogens (tertiary/aromatic N) is 4. The van der Waals surface area contributed by atoms with Gasteiger partial charge in [-0.15, -0.1) is 5.10 Å². The Bertz CT molecular complexity index is 897. The van der Waals surface area contributed by atoms with Crippen molar-refractivity contribution in [3.8, 4) is 22.7 Å². The quantitative estimate of drug-likeness (QED) is 0.609. The first-order valence-electron chi connectivity index (χ1n) is 6.42. The molecule has 4 heterocycles. The summed E-state index contributed by atoms with van der Waals surface area (Å²) in [4.78, 5) is 8.65. The SMILES string of the molecule is Nc1ccc2nc(-c3ccco3)c(-c3ccncc3)n2n1. The lowest BCUT2D eigenvalue weighted by molar-refractivity contribution is 0.580. The Labute approximate surface area is 119 Å². The minimum absolute atomic E-state index is 0.432. The molecule has 0 saturated heterocycles. The number of nitrogens with two attached hydrogens (primary N) is 1. The monoisotopic (exact) mass is 277 g/mol. The largest absolute Gasteiger partial charge is 0.463 e.